The van der Waals surface area contributed by atoms with Crippen molar-refractivity contribution >= 4 is 11.8 Å². The first kappa shape index (κ1) is 8.20. The summed E-state index contributed by atoms with van der Waals surface area (Å²) in [4.78, 5) is 21.2. The Balaban J connectivity index is 2.28. The van der Waals surface area contributed by atoms with Crippen LogP contribution in [0.3, 0.4) is 0 Å². The average molecular weight is 157 g/mol. The topological polar surface area (TPSA) is 80.4 Å². The summed E-state index contributed by atoms with van der Waals surface area (Å²) in [6, 6.07) is -1.01. The van der Waals surface area contributed by atoms with Crippen molar-refractivity contribution in [3.63, 3.8) is 0 Å². The van der Waals surface area contributed by atoms with E-state index in [0.717, 1.165) is 12.8 Å². The lowest BCUT2D eigenvalue weighted by Gasteiger charge is -2.02. The summed E-state index contributed by atoms with van der Waals surface area (Å²) < 4.78 is 0. The van der Waals surface area contributed by atoms with Crippen LogP contribution in [0.25, 0.3) is 0 Å². The van der Waals surface area contributed by atoms with Crippen molar-refractivity contribution in [2.45, 2.75) is 25.3 Å². The number of carbonyl (C=O) groups excluding carboxylic acids is 1. The number of carbonyl (C=O) groups is 2. The van der Waals surface area contributed by atoms with Crippen molar-refractivity contribution in [1.82, 2.24) is 0 Å². The zero-order valence-corrected chi connectivity index (χ0v) is 6.12. The minimum Gasteiger partial charge on any atom is -0.480 e. The van der Waals surface area contributed by atoms with Gasteiger partial charge in [0.15, 0.2) is 0 Å². The van der Waals surface area contributed by atoms with Gasteiger partial charge in [-0.05, 0) is 12.8 Å². The van der Waals surface area contributed by atoms with Crippen LogP contribution in [-0.2, 0) is 9.59 Å². The van der Waals surface area contributed by atoms with E-state index < -0.39 is 12.0 Å². The molecule has 0 aliphatic heterocycles. The molecule has 0 aromatic rings. The molecule has 3 N–H and O–H groups in total. The normalized spacial score (nSPS) is 19.4. The van der Waals surface area contributed by atoms with E-state index in [4.69, 9.17) is 10.8 Å². The third-order valence-electron chi connectivity index (χ3n) is 1.77. The van der Waals surface area contributed by atoms with Crippen LogP contribution in [0.1, 0.15) is 19.3 Å². The SMILES string of the molecule is NC(CC(=O)C1CC1)C(=O)O. The van der Waals surface area contributed by atoms with E-state index in [-0.39, 0.29) is 18.1 Å². The summed E-state index contributed by atoms with van der Waals surface area (Å²) in [6.45, 7) is 0. The maximum atomic E-state index is 11.0. The fourth-order valence-corrected chi connectivity index (χ4v) is 0.876. The largest absolute Gasteiger partial charge is 0.480 e. The van der Waals surface area contributed by atoms with Crippen molar-refractivity contribution < 1.29 is 14.7 Å². The van der Waals surface area contributed by atoms with Crippen molar-refractivity contribution in [3.05, 3.63) is 0 Å². The van der Waals surface area contributed by atoms with Gasteiger partial charge in [-0.1, -0.05) is 0 Å². The maximum Gasteiger partial charge on any atom is 0.320 e. The first-order chi connectivity index (χ1) is 5.11. The Bertz CT molecular complexity index is 186. The molecule has 1 rings (SSSR count). The Labute approximate surface area is 64.4 Å². The quantitative estimate of drug-likeness (QED) is 0.590. The van der Waals surface area contributed by atoms with Crippen molar-refractivity contribution in [3.8, 4) is 0 Å². The second-order valence-electron chi connectivity index (χ2n) is 2.89. The Kier molecular flexibility index (Phi) is 2.24. The van der Waals surface area contributed by atoms with Gasteiger partial charge < -0.3 is 10.8 Å². The van der Waals surface area contributed by atoms with Gasteiger partial charge in [0.25, 0.3) is 0 Å². The molecule has 1 unspecified atom stereocenters. The van der Waals surface area contributed by atoms with E-state index in [1.54, 1.807) is 0 Å². The number of hydrogen-bond donors (Lipinski definition) is 2. The van der Waals surface area contributed by atoms with Crippen LogP contribution in [0, 0.1) is 5.92 Å². The van der Waals surface area contributed by atoms with Gasteiger partial charge in [0.1, 0.15) is 11.8 Å². The highest BCUT2D eigenvalue weighted by Gasteiger charge is 2.31. The lowest BCUT2D eigenvalue weighted by atomic mass is 10.1. The molecule has 0 radical (unpaired) electrons. The second kappa shape index (κ2) is 3.00. The Morgan fingerprint density at radius 3 is 2.45 bits per heavy atom. The third-order valence-corrected chi connectivity index (χ3v) is 1.77. The standard InChI is InChI=1S/C7H11NO3/c8-5(7(10)11)3-6(9)4-1-2-4/h4-5H,1-3,8H2,(H,10,11). The molecule has 0 spiro atoms. The molecule has 0 aromatic heterocycles. The van der Waals surface area contributed by atoms with Crippen LogP contribution in [-0.4, -0.2) is 22.9 Å². The molecule has 1 aliphatic rings. The van der Waals surface area contributed by atoms with Crippen LogP contribution in [0.5, 0.6) is 0 Å². The smallest absolute Gasteiger partial charge is 0.320 e. The highest BCUT2D eigenvalue weighted by atomic mass is 16.4. The van der Waals surface area contributed by atoms with Gasteiger partial charge in [0.05, 0.1) is 0 Å². The fraction of sp³-hybridized carbons (Fsp3) is 0.714. The summed E-state index contributed by atoms with van der Waals surface area (Å²) in [5, 5.41) is 8.36. The summed E-state index contributed by atoms with van der Waals surface area (Å²) in [6.07, 6.45) is 1.80. The number of nitrogens with two attached hydrogens (primary N) is 1. The van der Waals surface area contributed by atoms with Crippen LogP contribution in [0.4, 0.5) is 0 Å². The molecule has 1 atom stereocenters. The average Bonchev–Trinajstić information content (AvgIpc) is 2.67. The Morgan fingerprint density at radius 1 is 1.55 bits per heavy atom. The molecular formula is C7H11NO3. The van der Waals surface area contributed by atoms with Crippen LogP contribution in [0.15, 0.2) is 0 Å². The highest BCUT2D eigenvalue weighted by molar-refractivity contribution is 5.88. The van der Waals surface area contributed by atoms with Crippen LogP contribution in [0.2, 0.25) is 0 Å². The summed E-state index contributed by atoms with van der Waals surface area (Å²) in [5.74, 6) is -0.987. The van der Waals surface area contributed by atoms with Crippen molar-refractivity contribution in [2.24, 2.45) is 11.7 Å². The Hall–Kier alpha value is -0.900. The zero-order valence-electron chi connectivity index (χ0n) is 6.12. The van der Waals surface area contributed by atoms with Gasteiger partial charge in [0.2, 0.25) is 0 Å². The molecule has 0 aromatic carbocycles. The molecule has 4 nitrogen and oxygen atoms in total. The van der Waals surface area contributed by atoms with E-state index in [9.17, 15) is 9.59 Å². The van der Waals surface area contributed by atoms with E-state index in [1.807, 2.05) is 0 Å². The molecule has 11 heavy (non-hydrogen) atoms. The molecule has 1 fully saturated rings. The first-order valence-corrected chi connectivity index (χ1v) is 3.62. The number of rotatable bonds is 4. The number of hydrogen-bond acceptors (Lipinski definition) is 3. The third kappa shape index (κ3) is 2.31. The highest BCUT2D eigenvalue weighted by Crippen LogP contribution is 2.30. The molecule has 1 saturated carbocycles. The van der Waals surface area contributed by atoms with Crippen LogP contribution >= 0.6 is 0 Å². The number of carboxylic acid groups (broad SMARTS) is 1. The van der Waals surface area contributed by atoms with E-state index in [2.05, 4.69) is 0 Å². The molecule has 4 heteroatoms. The van der Waals surface area contributed by atoms with E-state index in [0.29, 0.717) is 0 Å². The molecule has 0 amide bonds. The van der Waals surface area contributed by atoms with Gasteiger partial charge in [-0.15, -0.1) is 0 Å². The minimum absolute atomic E-state index is 0.0000926. The lowest BCUT2D eigenvalue weighted by molar-refractivity contribution is -0.140. The molecule has 0 bridgehead atoms. The molecule has 1 aliphatic carbocycles. The van der Waals surface area contributed by atoms with Crippen molar-refractivity contribution in [2.75, 3.05) is 0 Å². The van der Waals surface area contributed by atoms with E-state index in [1.165, 1.54) is 0 Å². The molecule has 0 saturated heterocycles. The zero-order chi connectivity index (χ0) is 8.43. The predicted octanol–water partition coefficient (Wildman–Crippen LogP) is -0.233. The summed E-state index contributed by atoms with van der Waals surface area (Å²) in [5.41, 5.74) is 5.16. The summed E-state index contributed by atoms with van der Waals surface area (Å²) >= 11 is 0. The van der Waals surface area contributed by atoms with Gasteiger partial charge in [-0.3, -0.25) is 9.59 Å². The minimum atomic E-state index is -1.10. The second-order valence-corrected chi connectivity index (χ2v) is 2.89. The number of aliphatic carboxylic acids is 1. The summed E-state index contributed by atoms with van der Waals surface area (Å²) in [7, 11) is 0. The van der Waals surface area contributed by atoms with Gasteiger partial charge in [-0.2, -0.15) is 0 Å². The number of ketones is 1. The first-order valence-electron chi connectivity index (χ1n) is 3.62. The number of Topliss-reactive ketones (excluding diaryl/α,β-unsaturated/α-hetero) is 1. The Morgan fingerprint density at radius 2 is 2.09 bits per heavy atom. The molecular weight excluding hydrogens is 146 g/mol. The van der Waals surface area contributed by atoms with Crippen LogP contribution < -0.4 is 5.73 Å². The molecule has 62 valence electrons. The van der Waals surface area contributed by atoms with Gasteiger partial charge in [0, 0.05) is 12.3 Å². The van der Waals surface area contributed by atoms with Crippen molar-refractivity contribution in [1.29, 1.82) is 0 Å². The number of carboxylic acids is 1. The maximum absolute atomic E-state index is 11.0. The fourth-order valence-electron chi connectivity index (χ4n) is 0.876. The molecule has 0 heterocycles. The van der Waals surface area contributed by atoms with E-state index >= 15 is 0 Å². The van der Waals surface area contributed by atoms with Gasteiger partial charge >= 0.3 is 5.97 Å². The monoisotopic (exact) mass is 157 g/mol. The van der Waals surface area contributed by atoms with Gasteiger partial charge in [-0.25, -0.2) is 0 Å². The lowest BCUT2D eigenvalue weighted by Crippen LogP contribution is -2.32. The predicted molar refractivity (Wildman–Crippen MR) is 38.0 cm³/mol.